The molecule has 0 fully saturated rings. The molecule has 1 aromatic rings. The van der Waals surface area contributed by atoms with Crippen molar-refractivity contribution in [3.05, 3.63) is 27.7 Å². The van der Waals surface area contributed by atoms with Gasteiger partial charge in [-0.25, -0.2) is 0 Å². The number of hydrogen-bond acceptors (Lipinski definition) is 5. The molecule has 0 amide bonds. The van der Waals surface area contributed by atoms with Crippen LogP contribution in [0.25, 0.3) is 0 Å². The van der Waals surface area contributed by atoms with Gasteiger partial charge in [0.2, 0.25) is 0 Å². The molecule has 0 radical (unpaired) electrons. The fourth-order valence-electron chi connectivity index (χ4n) is 2.32. The summed E-state index contributed by atoms with van der Waals surface area (Å²) in [4.78, 5) is 11.9. The van der Waals surface area contributed by atoms with Gasteiger partial charge >= 0.3 is 5.97 Å². The Balaban J connectivity index is 2.85. The van der Waals surface area contributed by atoms with Crippen molar-refractivity contribution in [2.45, 2.75) is 44.9 Å². The van der Waals surface area contributed by atoms with Crippen molar-refractivity contribution in [1.82, 2.24) is 0 Å². The number of carbonyl (C=O) groups excluding carboxylic acids is 1. The highest BCUT2D eigenvalue weighted by Crippen LogP contribution is 2.39. The molecular formula is C18H29Cl2NO4Si. The monoisotopic (exact) mass is 421 g/mol. The van der Waals surface area contributed by atoms with Crippen molar-refractivity contribution in [3.8, 4) is 5.75 Å². The Labute approximate surface area is 167 Å². The molecular weight excluding hydrogens is 393 g/mol. The number of nitrogens with two attached hydrogens (primary N) is 1. The van der Waals surface area contributed by atoms with Crippen molar-refractivity contribution >= 4 is 37.2 Å². The van der Waals surface area contributed by atoms with Crippen LogP contribution in [0.5, 0.6) is 5.75 Å². The van der Waals surface area contributed by atoms with Crippen LogP contribution >= 0.6 is 23.2 Å². The van der Waals surface area contributed by atoms with Crippen molar-refractivity contribution < 1.29 is 19.0 Å². The third kappa shape index (κ3) is 7.84. The quantitative estimate of drug-likeness (QED) is 0.243. The fraction of sp³-hybridized carbons (Fsp3) is 0.611. The first-order valence-electron chi connectivity index (χ1n) is 8.73. The maximum Gasteiger partial charge on any atom is 0.306 e. The highest BCUT2D eigenvalue weighted by molar-refractivity contribution is 6.76. The normalized spacial score (nSPS) is 12.7. The smallest absolute Gasteiger partial charge is 0.306 e. The maximum absolute atomic E-state index is 11.9. The molecule has 0 aliphatic heterocycles. The van der Waals surface area contributed by atoms with E-state index in [1.54, 1.807) is 19.1 Å². The number of benzene rings is 1. The molecule has 0 saturated heterocycles. The summed E-state index contributed by atoms with van der Waals surface area (Å²) in [5, 5.41) is 0.724. The second-order valence-corrected chi connectivity index (χ2v) is 13.6. The van der Waals surface area contributed by atoms with Crippen molar-refractivity contribution in [2.75, 3.05) is 26.6 Å². The van der Waals surface area contributed by atoms with E-state index >= 15 is 0 Å². The van der Waals surface area contributed by atoms with Gasteiger partial charge in [-0.1, -0.05) is 42.8 Å². The molecule has 8 heteroatoms. The molecule has 0 bridgehead atoms. The van der Waals surface area contributed by atoms with E-state index in [1.165, 1.54) is 0 Å². The van der Waals surface area contributed by atoms with Gasteiger partial charge in [0.05, 0.1) is 23.1 Å². The van der Waals surface area contributed by atoms with Gasteiger partial charge < -0.3 is 19.9 Å². The molecule has 0 spiro atoms. The lowest BCUT2D eigenvalue weighted by atomic mass is 9.94. The van der Waals surface area contributed by atoms with Gasteiger partial charge in [0.15, 0.2) is 6.79 Å². The molecule has 0 saturated carbocycles. The Morgan fingerprint density at radius 1 is 1.27 bits per heavy atom. The van der Waals surface area contributed by atoms with E-state index in [1.807, 2.05) is 0 Å². The van der Waals surface area contributed by atoms with E-state index < -0.39 is 8.07 Å². The predicted molar refractivity (Wildman–Crippen MR) is 109 cm³/mol. The number of halogens is 2. The summed E-state index contributed by atoms with van der Waals surface area (Å²) in [6, 6.07) is 4.43. The Morgan fingerprint density at radius 2 is 1.96 bits per heavy atom. The second kappa shape index (κ2) is 11.1. The topological polar surface area (TPSA) is 70.8 Å². The summed E-state index contributed by atoms with van der Waals surface area (Å²) in [7, 11) is -1.15. The summed E-state index contributed by atoms with van der Waals surface area (Å²) >= 11 is 12.5. The van der Waals surface area contributed by atoms with Crippen LogP contribution in [0.1, 0.15) is 24.8 Å². The van der Waals surface area contributed by atoms with Crippen LogP contribution < -0.4 is 10.5 Å². The fourth-order valence-corrected chi connectivity index (χ4v) is 3.55. The highest BCUT2D eigenvalue weighted by atomic mass is 35.5. The number of ether oxygens (including phenoxy) is 3. The SMILES string of the molecule is CCOC(=O)CC(CN)c1c(OCOCC[Si](C)(C)C)ccc(Cl)c1Cl. The summed E-state index contributed by atoms with van der Waals surface area (Å²) < 4.78 is 16.4. The van der Waals surface area contributed by atoms with Crippen LogP contribution in [-0.2, 0) is 14.3 Å². The zero-order valence-corrected chi connectivity index (χ0v) is 18.5. The number of hydrogen-bond donors (Lipinski definition) is 1. The molecule has 0 aliphatic carbocycles. The molecule has 1 rings (SSSR count). The zero-order valence-electron chi connectivity index (χ0n) is 15.9. The Morgan fingerprint density at radius 3 is 2.54 bits per heavy atom. The van der Waals surface area contributed by atoms with Gasteiger partial charge in [-0.15, -0.1) is 0 Å². The molecule has 5 nitrogen and oxygen atoms in total. The summed E-state index contributed by atoms with van der Waals surface area (Å²) in [5.74, 6) is -0.166. The van der Waals surface area contributed by atoms with Crippen LogP contribution in [0.15, 0.2) is 12.1 Å². The minimum absolute atomic E-state index is 0.103. The minimum Gasteiger partial charge on any atom is -0.467 e. The first-order valence-corrected chi connectivity index (χ1v) is 13.2. The largest absolute Gasteiger partial charge is 0.467 e. The van der Waals surface area contributed by atoms with Crippen LogP contribution in [0.4, 0.5) is 0 Å². The first kappa shape index (κ1) is 23.2. The average Bonchev–Trinajstić information content (AvgIpc) is 2.55. The van der Waals surface area contributed by atoms with E-state index in [0.29, 0.717) is 34.6 Å². The van der Waals surface area contributed by atoms with Crippen molar-refractivity contribution in [2.24, 2.45) is 5.73 Å². The molecule has 148 valence electrons. The van der Waals surface area contributed by atoms with Gasteiger partial charge in [0.25, 0.3) is 0 Å². The molecule has 1 aromatic carbocycles. The maximum atomic E-state index is 11.9. The third-order valence-corrected chi connectivity index (χ3v) is 6.32. The highest BCUT2D eigenvalue weighted by Gasteiger charge is 2.24. The van der Waals surface area contributed by atoms with Crippen LogP contribution in [-0.4, -0.2) is 40.6 Å². The lowest BCUT2D eigenvalue weighted by Gasteiger charge is -2.21. The second-order valence-electron chi connectivity index (χ2n) is 7.20. The van der Waals surface area contributed by atoms with Crippen molar-refractivity contribution in [1.29, 1.82) is 0 Å². The van der Waals surface area contributed by atoms with E-state index in [0.717, 1.165) is 6.04 Å². The number of esters is 1. The number of carbonyl (C=O) groups is 1. The van der Waals surface area contributed by atoms with Gasteiger partial charge in [-0.05, 0) is 31.6 Å². The minimum atomic E-state index is -1.15. The van der Waals surface area contributed by atoms with Crippen molar-refractivity contribution in [3.63, 3.8) is 0 Å². The molecule has 0 aromatic heterocycles. The lowest BCUT2D eigenvalue weighted by Crippen LogP contribution is -2.22. The standard InChI is InChI=1S/C18H29Cl2NO4Si/c1-5-24-16(22)10-13(11-21)17-15(7-6-14(19)18(17)20)25-12-23-8-9-26(2,3)4/h6-7,13H,5,8-12,21H2,1-4H3. The third-order valence-electron chi connectivity index (χ3n) is 3.80. The van der Waals surface area contributed by atoms with Crippen LogP contribution in [0.2, 0.25) is 35.7 Å². The van der Waals surface area contributed by atoms with Crippen LogP contribution in [0.3, 0.4) is 0 Å². The molecule has 26 heavy (non-hydrogen) atoms. The summed E-state index contributed by atoms with van der Waals surface area (Å²) in [6.07, 6.45) is 0.108. The number of rotatable bonds is 11. The molecule has 1 atom stereocenters. The van der Waals surface area contributed by atoms with Gasteiger partial charge in [-0.3, -0.25) is 4.79 Å². The zero-order chi connectivity index (χ0) is 19.7. The predicted octanol–water partition coefficient (Wildman–Crippen LogP) is 4.68. The molecule has 0 heterocycles. The van der Waals surface area contributed by atoms with Gasteiger partial charge in [0, 0.05) is 26.2 Å². The molecule has 1 unspecified atom stereocenters. The first-order chi connectivity index (χ1) is 12.2. The van der Waals surface area contributed by atoms with Crippen LogP contribution in [0, 0.1) is 0 Å². The average molecular weight is 422 g/mol. The van der Waals surface area contributed by atoms with E-state index in [4.69, 9.17) is 43.1 Å². The summed E-state index contributed by atoms with van der Waals surface area (Å²) in [6.45, 7) is 9.90. The molecule has 2 N–H and O–H groups in total. The van der Waals surface area contributed by atoms with Gasteiger partial charge in [-0.2, -0.15) is 0 Å². The molecule has 0 aliphatic rings. The van der Waals surface area contributed by atoms with Gasteiger partial charge in [0.1, 0.15) is 5.75 Å². The Hall–Kier alpha value is -0.793. The van der Waals surface area contributed by atoms with E-state index in [9.17, 15) is 4.79 Å². The van der Waals surface area contributed by atoms with E-state index in [-0.39, 0.29) is 31.6 Å². The lowest BCUT2D eigenvalue weighted by molar-refractivity contribution is -0.143. The van der Waals surface area contributed by atoms with E-state index in [2.05, 4.69) is 19.6 Å². The summed E-state index contributed by atoms with van der Waals surface area (Å²) in [5.41, 5.74) is 6.48. The Bertz CT molecular complexity index is 593. The Kier molecular flexibility index (Phi) is 9.96.